The van der Waals surface area contributed by atoms with Crippen molar-refractivity contribution in [2.75, 3.05) is 13.2 Å². The molecule has 0 saturated carbocycles. The summed E-state index contributed by atoms with van der Waals surface area (Å²) in [7, 11) is -1.34. The van der Waals surface area contributed by atoms with Gasteiger partial charge in [-0.3, -0.25) is 9.59 Å². The van der Waals surface area contributed by atoms with Gasteiger partial charge >= 0.3 is 18.1 Å². The van der Waals surface area contributed by atoms with Gasteiger partial charge in [0.05, 0.1) is 18.6 Å². The van der Waals surface area contributed by atoms with E-state index in [9.17, 15) is 24.3 Å². The molecular formula is C18H35N3O6Si. The molecule has 0 heterocycles. The number of urea groups is 1. The van der Waals surface area contributed by atoms with Crippen LogP contribution >= 0.6 is 0 Å². The molecule has 0 aliphatic carbocycles. The first-order chi connectivity index (χ1) is 12.8. The second kappa shape index (κ2) is 12.4. The van der Waals surface area contributed by atoms with E-state index in [0.29, 0.717) is 13.0 Å². The third-order valence-corrected chi connectivity index (χ3v) is 5.90. The van der Waals surface area contributed by atoms with E-state index in [4.69, 9.17) is 10.5 Å². The van der Waals surface area contributed by atoms with Crippen molar-refractivity contribution in [2.45, 2.75) is 64.8 Å². The second-order valence-electron chi connectivity index (χ2n) is 8.45. The smallest absolute Gasteiger partial charge is 0.407 e. The minimum Gasteiger partial charge on any atom is -0.481 e. The number of rotatable bonds is 13. The van der Waals surface area contributed by atoms with Gasteiger partial charge in [-0.25, -0.2) is 9.59 Å². The van der Waals surface area contributed by atoms with Crippen LogP contribution < -0.4 is 16.4 Å². The maximum Gasteiger partial charge on any atom is 0.407 e. The predicted molar refractivity (Wildman–Crippen MR) is 109 cm³/mol. The van der Waals surface area contributed by atoms with Crippen LogP contribution in [0.4, 0.5) is 9.59 Å². The van der Waals surface area contributed by atoms with Crippen LogP contribution in [0.5, 0.6) is 0 Å². The van der Waals surface area contributed by atoms with Gasteiger partial charge in [0.15, 0.2) is 5.78 Å². The summed E-state index contributed by atoms with van der Waals surface area (Å²) < 4.78 is 5.17. The van der Waals surface area contributed by atoms with Crippen molar-refractivity contribution in [1.29, 1.82) is 0 Å². The number of nitrogens with two attached hydrogens (primary N) is 1. The van der Waals surface area contributed by atoms with E-state index in [1.165, 1.54) is 0 Å². The molecule has 0 fully saturated rings. The number of carboxylic acids is 1. The lowest BCUT2D eigenvalue weighted by Gasteiger charge is -2.23. The van der Waals surface area contributed by atoms with E-state index in [-0.39, 0.29) is 31.1 Å². The van der Waals surface area contributed by atoms with Gasteiger partial charge in [-0.05, 0) is 24.8 Å². The Morgan fingerprint density at radius 1 is 1.14 bits per heavy atom. The first kappa shape index (κ1) is 25.9. The maximum atomic E-state index is 12.6. The number of hydrogen-bond donors (Lipinski definition) is 4. The molecule has 1 unspecified atom stereocenters. The normalized spacial score (nSPS) is 13.5. The summed E-state index contributed by atoms with van der Waals surface area (Å²) in [4.78, 5) is 46.7. The average molecular weight is 418 g/mol. The Balaban J connectivity index is 4.69. The van der Waals surface area contributed by atoms with Crippen molar-refractivity contribution in [3.8, 4) is 0 Å². The Hall–Kier alpha value is -2.10. The molecule has 5 N–H and O–H groups in total. The largest absolute Gasteiger partial charge is 0.481 e. The summed E-state index contributed by atoms with van der Waals surface area (Å²) in [6.07, 6.45) is -0.273. The third-order valence-electron chi connectivity index (χ3n) is 4.20. The number of carboxylic acid groups (broad SMARTS) is 1. The fourth-order valence-corrected chi connectivity index (χ4v) is 3.19. The Morgan fingerprint density at radius 2 is 1.75 bits per heavy atom. The first-order valence-electron chi connectivity index (χ1n) is 9.55. The van der Waals surface area contributed by atoms with Crippen LogP contribution in [0.25, 0.3) is 0 Å². The summed E-state index contributed by atoms with van der Waals surface area (Å²) in [5, 5.41) is 14.3. The van der Waals surface area contributed by atoms with Gasteiger partial charge in [0.1, 0.15) is 0 Å². The van der Waals surface area contributed by atoms with Gasteiger partial charge in [0.25, 0.3) is 0 Å². The monoisotopic (exact) mass is 417 g/mol. The minimum absolute atomic E-state index is 0.204. The number of nitrogens with one attached hydrogen (secondary N) is 2. The van der Waals surface area contributed by atoms with Gasteiger partial charge in [-0.15, -0.1) is 0 Å². The molecule has 0 rings (SSSR count). The zero-order valence-corrected chi connectivity index (χ0v) is 18.5. The van der Waals surface area contributed by atoms with Crippen LogP contribution in [0.3, 0.4) is 0 Å². The number of amides is 3. The standard InChI is InChI=1S/C18H35N3O6Si/c1-12(2)15(21-18(26)27-9-10-28(3,4)5)14(22)11-13(16(23)24)7-6-8-20-17(19)25/h12-13,15H,6-11H2,1-5H3,(H,21,26)(H,23,24)(H3,19,20,25)/t13-,15?/m1/s1. The number of primary amides is 1. The summed E-state index contributed by atoms with van der Waals surface area (Å²) in [5.74, 6) is -2.55. The lowest BCUT2D eigenvalue weighted by molar-refractivity contribution is -0.144. The quantitative estimate of drug-likeness (QED) is 0.267. The Labute approximate surface area is 167 Å². The molecule has 0 bridgehead atoms. The number of hydrogen-bond acceptors (Lipinski definition) is 5. The zero-order chi connectivity index (χ0) is 21.9. The van der Waals surface area contributed by atoms with Crippen LogP contribution in [0, 0.1) is 11.8 Å². The predicted octanol–water partition coefficient (Wildman–Crippen LogP) is 2.18. The van der Waals surface area contributed by atoms with Crippen molar-refractivity contribution in [3.05, 3.63) is 0 Å². The van der Waals surface area contributed by atoms with E-state index in [1.807, 2.05) is 0 Å². The highest BCUT2D eigenvalue weighted by Gasteiger charge is 2.29. The number of carbonyl (C=O) groups excluding carboxylic acids is 3. The number of ketones is 1. The second-order valence-corrected chi connectivity index (χ2v) is 14.1. The molecule has 0 aromatic heterocycles. The summed E-state index contributed by atoms with van der Waals surface area (Å²) in [6, 6.07) is -0.675. The molecule has 10 heteroatoms. The van der Waals surface area contributed by atoms with Crippen molar-refractivity contribution >= 4 is 32.0 Å². The third kappa shape index (κ3) is 12.3. The SMILES string of the molecule is CC(C)C(NC(=O)OCC[Si](C)(C)C)C(=O)C[C@@H](CCCNC(N)=O)C(=O)O. The number of carbonyl (C=O) groups is 4. The molecule has 162 valence electrons. The molecule has 0 aliphatic rings. The van der Waals surface area contributed by atoms with Crippen molar-refractivity contribution in [3.63, 3.8) is 0 Å². The van der Waals surface area contributed by atoms with Gasteiger partial charge in [-0.2, -0.15) is 0 Å². The van der Waals surface area contributed by atoms with Crippen LogP contribution in [0.2, 0.25) is 25.7 Å². The van der Waals surface area contributed by atoms with Gasteiger partial charge in [-0.1, -0.05) is 33.5 Å². The van der Waals surface area contributed by atoms with Crippen molar-refractivity contribution < 1.29 is 29.0 Å². The van der Waals surface area contributed by atoms with Crippen molar-refractivity contribution in [2.24, 2.45) is 17.6 Å². The van der Waals surface area contributed by atoms with Crippen LogP contribution in [-0.2, 0) is 14.3 Å². The molecule has 0 aliphatic heterocycles. The van der Waals surface area contributed by atoms with E-state index in [1.54, 1.807) is 13.8 Å². The number of ether oxygens (including phenoxy) is 1. The highest BCUT2D eigenvalue weighted by molar-refractivity contribution is 6.76. The van der Waals surface area contributed by atoms with Gasteiger partial charge in [0, 0.05) is 21.0 Å². The summed E-state index contributed by atoms with van der Waals surface area (Å²) in [5.41, 5.74) is 4.96. The zero-order valence-electron chi connectivity index (χ0n) is 17.5. The Kier molecular flexibility index (Phi) is 11.4. The van der Waals surface area contributed by atoms with E-state index in [0.717, 1.165) is 6.04 Å². The fraction of sp³-hybridized carbons (Fsp3) is 0.778. The van der Waals surface area contributed by atoms with E-state index < -0.39 is 38.1 Å². The molecule has 0 aromatic rings. The fourth-order valence-electron chi connectivity index (χ4n) is 2.48. The topological polar surface area (TPSA) is 148 Å². The van der Waals surface area contributed by atoms with E-state index in [2.05, 4.69) is 30.3 Å². The average Bonchev–Trinajstić information content (AvgIpc) is 2.53. The minimum atomic E-state index is -1.34. The lowest BCUT2D eigenvalue weighted by atomic mass is 9.90. The number of Topliss-reactive ketones (excluding diaryl/α,β-unsaturated/α-hetero) is 1. The molecule has 9 nitrogen and oxygen atoms in total. The van der Waals surface area contributed by atoms with Crippen LogP contribution in [-0.4, -0.2) is 56.3 Å². The van der Waals surface area contributed by atoms with Crippen LogP contribution in [0.1, 0.15) is 33.1 Å². The number of aliphatic carboxylic acids is 1. The summed E-state index contributed by atoms with van der Waals surface area (Å²) >= 11 is 0. The first-order valence-corrected chi connectivity index (χ1v) is 13.3. The molecular weight excluding hydrogens is 382 g/mol. The Bertz CT molecular complexity index is 548. The molecule has 0 aromatic carbocycles. The molecule has 2 atom stereocenters. The van der Waals surface area contributed by atoms with Crippen LogP contribution in [0.15, 0.2) is 0 Å². The van der Waals surface area contributed by atoms with Gasteiger partial charge < -0.3 is 26.2 Å². The van der Waals surface area contributed by atoms with Gasteiger partial charge in [0.2, 0.25) is 0 Å². The molecule has 3 amide bonds. The highest BCUT2D eigenvalue weighted by Crippen LogP contribution is 2.16. The highest BCUT2D eigenvalue weighted by atomic mass is 28.3. The van der Waals surface area contributed by atoms with E-state index >= 15 is 0 Å². The summed E-state index contributed by atoms with van der Waals surface area (Å²) in [6.45, 7) is 10.6. The van der Waals surface area contributed by atoms with Crippen molar-refractivity contribution in [1.82, 2.24) is 10.6 Å². The molecule has 0 radical (unpaired) electrons. The Morgan fingerprint density at radius 3 is 2.21 bits per heavy atom. The molecule has 0 spiro atoms. The maximum absolute atomic E-state index is 12.6. The molecule has 28 heavy (non-hydrogen) atoms. The molecule has 0 saturated heterocycles. The lowest BCUT2D eigenvalue weighted by Crippen LogP contribution is -2.45. The number of alkyl carbamates (subject to hydrolysis) is 1.